The summed E-state index contributed by atoms with van der Waals surface area (Å²) in [6.45, 7) is 9.79. The van der Waals surface area contributed by atoms with E-state index in [1.165, 1.54) is 69.1 Å². The Bertz CT molecular complexity index is 647. The van der Waals surface area contributed by atoms with E-state index in [2.05, 4.69) is 40.2 Å². The first kappa shape index (κ1) is 24.6. The maximum Gasteiger partial charge on any atom is 0.220 e. The molecule has 3 nitrogen and oxygen atoms in total. The molecule has 0 aromatic rings. The zero-order valence-electron chi connectivity index (χ0n) is 22.0. The molecule has 0 aromatic heterocycles. The lowest BCUT2D eigenvalue weighted by atomic mass is 9.44. The highest BCUT2D eigenvalue weighted by atomic mass is 16.1. The predicted octanol–water partition coefficient (Wildman–Crippen LogP) is 5.10. The molecule has 0 bridgehead atoms. The van der Waals surface area contributed by atoms with Crippen molar-refractivity contribution in [1.82, 2.24) is 5.32 Å². The normalized spacial score (nSPS) is 42.1. The molecule has 32 heavy (non-hydrogen) atoms. The molecule has 0 radical (unpaired) electrons. The van der Waals surface area contributed by atoms with Crippen LogP contribution in [0, 0.1) is 46.3 Å². The fraction of sp³-hybridized carbons (Fsp3) is 0.966. The number of hydrogen-bond acceptors (Lipinski definition) is 1. The molecule has 4 saturated carbocycles. The summed E-state index contributed by atoms with van der Waals surface area (Å²) in [7, 11) is 4.35. The minimum atomic E-state index is 0.276. The van der Waals surface area contributed by atoms with Gasteiger partial charge in [-0.2, -0.15) is 0 Å². The van der Waals surface area contributed by atoms with Crippen molar-refractivity contribution in [3.63, 3.8) is 0 Å². The van der Waals surface area contributed by atoms with Crippen LogP contribution in [0.15, 0.2) is 0 Å². The third-order valence-corrected chi connectivity index (χ3v) is 11.3. The van der Waals surface area contributed by atoms with E-state index >= 15 is 0 Å². The van der Waals surface area contributed by atoms with Crippen molar-refractivity contribution in [2.24, 2.45) is 46.3 Å². The molecule has 0 aromatic carbocycles. The largest absolute Gasteiger partial charge is 0.356 e. The molecule has 0 heterocycles. The first-order valence-corrected chi connectivity index (χ1v) is 14.3. The van der Waals surface area contributed by atoms with Gasteiger partial charge in [0.2, 0.25) is 5.91 Å². The average molecular weight is 446 g/mol. The van der Waals surface area contributed by atoms with Gasteiger partial charge in [0.15, 0.2) is 0 Å². The van der Waals surface area contributed by atoms with Crippen molar-refractivity contribution >= 4 is 5.91 Å². The molecule has 0 spiro atoms. The van der Waals surface area contributed by atoms with Gasteiger partial charge in [-0.15, -0.1) is 0 Å². The van der Waals surface area contributed by atoms with Gasteiger partial charge in [0.1, 0.15) is 0 Å². The van der Waals surface area contributed by atoms with Crippen LogP contribution in [-0.2, 0) is 4.79 Å². The van der Waals surface area contributed by atoms with Crippen LogP contribution in [-0.4, -0.2) is 33.1 Å². The van der Waals surface area contributed by atoms with Gasteiger partial charge >= 0.3 is 0 Å². The molecule has 4 unspecified atom stereocenters. The molecule has 0 aliphatic heterocycles. The summed E-state index contributed by atoms with van der Waals surface area (Å²) in [5.74, 6) is 5.76. The van der Waals surface area contributed by atoms with Gasteiger partial charge in [0, 0.05) is 19.4 Å². The van der Waals surface area contributed by atoms with Crippen LogP contribution in [0.2, 0.25) is 0 Å². The lowest BCUT2D eigenvalue weighted by Crippen LogP contribution is -3.05. The van der Waals surface area contributed by atoms with E-state index in [1.54, 1.807) is 0 Å². The molecule has 8 atom stereocenters. The molecule has 0 saturated heterocycles. The topological polar surface area (TPSA) is 33.5 Å². The molecular formula is C29H53N2O+. The van der Waals surface area contributed by atoms with Crippen LogP contribution in [0.1, 0.15) is 104 Å². The number of carbonyl (C=O) groups is 1. The van der Waals surface area contributed by atoms with Gasteiger partial charge in [-0.25, -0.2) is 0 Å². The molecule has 4 fully saturated rings. The Balaban J connectivity index is 1.32. The Morgan fingerprint density at radius 2 is 1.75 bits per heavy atom. The van der Waals surface area contributed by atoms with Crippen molar-refractivity contribution in [3.05, 3.63) is 0 Å². The fourth-order valence-electron chi connectivity index (χ4n) is 9.59. The highest BCUT2D eigenvalue weighted by Gasteiger charge is 2.60. The lowest BCUT2D eigenvalue weighted by Gasteiger charge is -2.61. The smallest absolute Gasteiger partial charge is 0.220 e. The predicted molar refractivity (Wildman–Crippen MR) is 134 cm³/mol. The second-order valence-corrected chi connectivity index (χ2v) is 13.3. The van der Waals surface area contributed by atoms with E-state index in [4.69, 9.17) is 0 Å². The number of rotatable bonds is 8. The van der Waals surface area contributed by atoms with Crippen LogP contribution < -0.4 is 10.2 Å². The van der Waals surface area contributed by atoms with E-state index in [9.17, 15) is 4.79 Å². The summed E-state index contributed by atoms with van der Waals surface area (Å²) >= 11 is 0. The second-order valence-electron chi connectivity index (χ2n) is 13.3. The Hall–Kier alpha value is -0.570. The third kappa shape index (κ3) is 4.66. The highest BCUT2D eigenvalue weighted by Crippen LogP contribution is 2.68. The van der Waals surface area contributed by atoms with E-state index in [1.807, 2.05) is 0 Å². The van der Waals surface area contributed by atoms with Gasteiger partial charge in [-0.1, -0.05) is 33.6 Å². The third-order valence-electron chi connectivity index (χ3n) is 11.3. The summed E-state index contributed by atoms with van der Waals surface area (Å²) in [6.07, 6.45) is 17.7. The first-order valence-electron chi connectivity index (χ1n) is 14.3. The Morgan fingerprint density at radius 3 is 2.53 bits per heavy atom. The van der Waals surface area contributed by atoms with Crippen LogP contribution >= 0.6 is 0 Å². The minimum absolute atomic E-state index is 0.276. The van der Waals surface area contributed by atoms with Crippen molar-refractivity contribution in [3.8, 4) is 0 Å². The van der Waals surface area contributed by atoms with Gasteiger partial charge in [0.05, 0.1) is 20.6 Å². The van der Waals surface area contributed by atoms with Crippen LogP contribution in [0.5, 0.6) is 0 Å². The van der Waals surface area contributed by atoms with E-state index < -0.39 is 0 Å². The van der Waals surface area contributed by atoms with E-state index in [-0.39, 0.29) is 5.91 Å². The maximum absolute atomic E-state index is 12.4. The molecule has 1 amide bonds. The molecule has 3 heteroatoms. The van der Waals surface area contributed by atoms with E-state index in [0.29, 0.717) is 16.7 Å². The highest BCUT2D eigenvalue weighted by molar-refractivity contribution is 5.75. The number of hydrogen-bond donors (Lipinski definition) is 2. The lowest BCUT2D eigenvalue weighted by molar-refractivity contribution is -0.858. The Labute approximate surface area is 198 Å². The molecule has 4 rings (SSSR count). The van der Waals surface area contributed by atoms with E-state index in [0.717, 1.165) is 61.9 Å². The summed E-state index contributed by atoms with van der Waals surface area (Å²) in [4.78, 5) is 13.9. The standard InChI is InChI=1S/C29H52N2O/c1-21(10-15-27(32)30-19-8-20-31(4)5)24-13-14-25-23-12-11-22-9-6-7-17-28(22,2)26(23)16-18-29(24,25)3/h21-26H,6-20H2,1-5H3,(H,30,32)/p+1/t21-,22?,23?,24-,25?,26?,28+,29-/m1/s1. The van der Waals surface area contributed by atoms with Crippen molar-refractivity contribution in [2.45, 2.75) is 104 Å². The summed E-state index contributed by atoms with van der Waals surface area (Å²) in [5, 5.41) is 3.17. The Morgan fingerprint density at radius 1 is 0.969 bits per heavy atom. The fourth-order valence-corrected chi connectivity index (χ4v) is 9.59. The SMILES string of the molecule is C[C@H](CCC(=O)NCCC[NH+](C)C)[C@H]1CCC2C3CCC4CCCC[C@]4(C)C3CC[C@@]21C. The van der Waals surface area contributed by atoms with Gasteiger partial charge in [0.25, 0.3) is 0 Å². The number of quaternary nitrogens is 1. The summed E-state index contributed by atoms with van der Waals surface area (Å²) in [5.41, 5.74) is 1.18. The molecule has 4 aliphatic carbocycles. The zero-order chi connectivity index (χ0) is 22.9. The minimum Gasteiger partial charge on any atom is -0.356 e. The van der Waals surface area contributed by atoms with Crippen LogP contribution in [0.25, 0.3) is 0 Å². The zero-order valence-corrected chi connectivity index (χ0v) is 22.0. The molecule has 4 aliphatic rings. The molecular weight excluding hydrogens is 392 g/mol. The Kier molecular flexibility index (Phi) is 7.64. The van der Waals surface area contributed by atoms with Crippen molar-refractivity contribution in [2.75, 3.05) is 27.2 Å². The van der Waals surface area contributed by atoms with Gasteiger partial charge in [-0.3, -0.25) is 4.79 Å². The summed E-state index contributed by atoms with van der Waals surface area (Å²) in [6, 6.07) is 0. The number of amides is 1. The number of fused-ring (bicyclic) bond motifs is 5. The van der Waals surface area contributed by atoms with Gasteiger partial charge < -0.3 is 10.2 Å². The number of nitrogens with one attached hydrogen (secondary N) is 2. The van der Waals surface area contributed by atoms with Crippen molar-refractivity contribution in [1.29, 1.82) is 0 Å². The second kappa shape index (κ2) is 9.96. The summed E-state index contributed by atoms with van der Waals surface area (Å²) < 4.78 is 0. The molecule has 2 N–H and O–H groups in total. The monoisotopic (exact) mass is 445 g/mol. The quantitative estimate of drug-likeness (QED) is 0.501. The van der Waals surface area contributed by atoms with Crippen molar-refractivity contribution < 1.29 is 9.69 Å². The number of carbonyl (C=O) groups excluding carboxylic acids is 1. The first-order chi connectivity index (χ1) is 15.3. The van der Waals surface area contributed by atoms with Gasteiger partial charge in [-0.05, 0) is 104 Å². The maximum atomic E-state index is 12.4. The van der Waals surface area contributed by atoms with Crippen LogP contribution in [0.4, 0.5) is 0 Å². The molecule has 184 valence electrons. The average Bonchev–Trinajstić information content (AvgIpc) is 3.12. The van der Waals surface area contributed by atoms with Crippen LogP contribution in [0.3, 0.4) is 0 Å².